The minimum absolute atomic E-state index is 0.00853. The Morgan fingerprint density at radius 1 is 1.03 bits per heavy atom. The molecule has 0 amide bonds. The fourth-order valence-electron chi connectivity index (χ4n) is 4.26. The van der Waals surface area contributed by atoms with Crippen LogP contribution in [0.15, 0.2) is 64.5 Å². The van der Waals surface area contributed by atoms with E-state index in [0.717, 1.165) is 18.8 Å². The normalized spacial score (nSPS) is 20.8. The van der Waals surface area contributed by atoms with Crippen LogP contribution in [-0.4, -0.2) is 57.7 Å². The lowest BCUT2D eigenvalue weighted by atomic mass is 9.92. The molecule has 5 N–H and O–H groups in total. The molecule has 2 aromatic rings. The second-order valence-electron chi connectivity index (χ2n) is 8.90. The summed E-state index contributed by atoms with van der Waals surface area (Å²) < 4.78 is 37.2. The van der Waals surface area contributed by atoms with E-state index in [4.69, 9.17) is 15.2 Å². The largest absolute Gasteiger partial charge is 0.492 e. The van der Waals surface area contributed by atoms with Gasteiger partial charge in [-0.05, 0) is 49.2 Å². The van der Waals surface area contributed by atoms with Gasteiger partial charge in [-0.2, -0.15) is 4.72 Å². The molecule has 0 bridgehead atoms. The first-order chi connectivity index (χ1) is 17.8. The van der Waals surface area contributed by atoms with Crippen molar-refractivity contribution in [3.63, 3.8) is 0 Å². The molecule has 1 saturated heterocycles. The Labute approximate surface area is 215 Å². The van der Waals surface area contributed by atoms with E-state index in [1.807, 2.05) is 0 Å². The van der Waals surface area contributed by atoms with Gasteiger partial charge in [0.2, 0.25) is 10.0 Å². The molecule has 1 aliphatic carbocycles. The van der Waals surface area contributed by atoms with Crippen LogP contribution in [0.25, 0.3) is 0 Å². The molecule has 1 aliphatic heterocycles. The molecule has 12 heteroatoms. The maximum atomic E-state index is 12.3. The number of rotatable bonds is 10. The van der Waals surface area contributed by atoms with Crippen molar-refractivity contribution in [3.8, 4) is 5.75 Å². The molecule has 4 rings (SSSR count). The van der Waals surface area contributed by atoms with Crippen LogP contribution in [0.1, 0.15) is 42.5 Å². The Kier molecular flexibility index (Phi) is 8.74. The third-order valence-electron chi connectivity index (χ3n) is 6.08. The summed E-state index contributed by atoms with van der Waals surface area (Å²) in [6.07, 6.45) is 3.03. The van der Waals surface area contributed by atoms with Gasteiger partial charge >= 0.3 is 11.9 Å². The number of sulfonamides is 1. The minimum atomic E-state index is -3.91. The molecule has 11 nitrogen and oxygen atoms in total. The van der Waals surface area contributed by atoms with Gasteiger partial charge in [0.05, 0.1) is 29.6 Å². The number of fused-ring (bicyclic) bond motifs is 1. The first-order valence-corrected chi connectivity index (χ1v) is 13.7. The number of nitrogens with two attached hydrogens (primary N) is 1. The van der Waals surface area contributed by atoms with Gasteiger partial charge in [-0.15, -0.1) is 0 Å². The Bertz CT molecular complexity index is 1200. The first kappa shape index (κ1) is 26.6. The van der Waals surface area contributed by atoms with Crippen LogP contribution < -0.4 is 25.8 Å². The second kappa shape index (κ2) is 12.2. The van der Waals surface area contributed by atoms with Gasteiger partial charge in [-0.3, -0.25) is 4.79 Å². The molecule has 37 heavy (non-hydrogen) atoms. The molecular formula is C25H31N5O6S. The summed E-state index contributed by atoms with van der Waals surface area (Å²) in [5, 5.41) is 6.84. The lowest BCUT2D eigenvalue weighted by Gasteiger charge is -2.23. The SMILES string of the molecule is N[C@H](CC(=O)OC(=O)c1ccc(OCCN=C2N[C@H]3CCCC[C@H]3N2)cc1)NS(=O)(=O)c1ccccc1. The summed E-state index contributed by atoms with van der Waals surface area (Å²) in [6.45, 7) is 0.836. The van der Waals surface area contributed by atoms with Crippen LogP contribution in [-0.2, 0) is 19.6 Å². The summed E-state index contributed by atoms with van der Waals surface area (Å²) in [5.41, 5.74) is 5.86. The van der Waals surface area contributed by atoms with E-state index in [2.05, 4.69) is 20.3 Å². The molecule has 0 radical (unpaired) electrons. The van der Waals surface area contributed by atoms with Crippen LogP contribution in [0.4, 0.5) is 0 Å². The topological polar surface area (TPSA) is 161 Å². The third-order valence-corrected chi connectivity index (χ3v) is 7.59. The van der Waals surface area contributed by atoms with Crippen molar-refractivity contribution in [1.82, 2.24) is 15.4 Å². The molecule has 3 atom stereocenters. The van der Waals surface area contributed by atoms with Crippen molar-refractivity contribution in [2.75, 3.05) is 13.2 Å². The van der Waals surface area contributed by atoms with Crippen molar-refractivity contribution < 1.29 is 27.5 Å². The molecule has 198 valence electrons. The summed E-state index contributed by atoms with van der Waals surface area (Å²) in [4.78, 5) is 28.9. The number of guanidine groups is 1. The van der Waals surface area contributed by atoms with Crippen LogP contribution in [0.3, 0.4) is 0 Å². The fourth-order valence-corrected chi connectivity index (χ4v) is 5.39. The van der Waals surface area contributed by atoms with Gasteiger partial charge < -0.3 is 25.8 Å². The molecule has 1 saturated carbocycles. The molecular weight excluding hydrogens is 498 g/mol. The maximum Gasteiger partial charge on any atom is 0.345 e. The zero-order valence-electron chi connectivity index (χ0n) is 20.3. The third kappa shape index (κ3) is 7.51. The molecule has 2 aromatic carbocycles. The van der Waals surface area contributed by atoms with Crippen LogP contribution in [0.2, 0.25) is 0 Å². The number of nitrogens with zero attached hydrogens (tertiary/aromatic N) is 1. The zero-order valence-corrected chi connectivity index (χ0v) is 21.1. The number of hydrogen-bond donors (Lipinski definition) is 4. The predicted octanol–water partition coefficient (Wildman–Crippen LogP) is 1.26. The molecule has 0 aromatic heterocycles. The van der Waals surface area contributed by atoms with Gasteiger partial charge in [-0.25, -0.2) is 18.2 Å². The second-order valence-corrected chi connectivity index (χ2v) is 10.6. The van der Waals surface area contributed by atoms with Crippen molar-refractivity contribution in [1.29, 1.82) is 0 Å². The van der Waals surface area contributed by atoms with E-state index in [1.54, 1.807) is 30.3 Å². The van der Waals surface area contributed by atoms with E-state index in [1.165, 1.54) is 37.1 Å². The Morgan fingerprint density at radius 2 is 1.68 bits per heavy atom. The van der Waals surface area contributed by atoms with E-state index in [9.17, 15) is 18.0 Å². The number of aliphatic imine (C=N–C) groups is 1. The number of carbonyl (C=O) groups excluding carboxylic acids is 2. The number of hydrogen-bond acceptors (Lipinski definition) is 8. The van der Waals surface area contributed by atoms with Gasteiger partial charge in [0.15, 0.2) is 5.96 Å². The molecule has 2 aliphatic rings. The van der Waals surface area contributed by atoms with E-state index < -0.39 is 34.5 Å². The van der Waals surface area contributed by atoms with Gasteiger partial charge in [-0.1, -0.05) is 31.0 Å². The van der Waals surface area contributed by atoms with Crippen LogP contribution in [0, 0.1) is 0 Å². The van der Waals surface area contributed by atoms with Crippen molar-refractivity contribution in [2.45, 2.75) is 55.2 Å². The number of benzene rings is 2. The van der Waals surface area contributed by atoms with Gasteiger partial charge in [0.25, 0.3) is 0 Å². The standard InChI is InChI=1S/C25H31N5O6S/c26-22(30-37(33,34)19-6-2-1-3-7-19)16-23(31)36-24(32)17-10-12-18(13-11-17)35-15-14-27-25-28-20-8-4-5-9-21(20)29-25/h1-3,6-7,10-13,20-22,30H,4-5,8-9,14-16,26H2,(H2,27,28,29)/t20-,21+,22-/m0/s1. The highest BCUT2D eigenvalue weighted by Crippen LogP contribution is 2.21. The van der Waals surface area contributed by atoms with E-state index in [-0.39, 0.29) is 10.5 Å². The zero-order chi connectivity index (χ0) is 26.3. The first-order valence-electron chi connectivity index (χ1n) is 12.2. The quantitative estimate of drug-likeness (QED) is 0.154. The van der Waals surface area contributed by atoms with Gasteiger partial charge in [0, 0.05) is 12.1 Å². The summed E-state index contributed by atoms with van der Waals surface area (Å²) in [5.74, 6) is -0.472. The Morgan fingerprint density at radius 3 is 2.32 bits per heavy atom. The highest BCUT2D eigenvalue weighted by Gasteiger charge is 2.31. The maximum absolute atomic E-state index is 12.3. The molecule has 1 heterocycles. The Hall–Kier alpha value is -3.48. The highest BCUT2D eigenvalue weighted by atomic mass is 32.2. The van der Waals surface area contributed by atoms with Crippen molar-refractivity contribution in [2.24, 2.45) is 10.7 Å². The monoisotopic (exact) mass is 529 g/mol. The smallest absolute Gasteiger partial charge is 0.345 e. The average Bonchev–Trinajstić information content (AvgIpc) is 3.30. The number of esters is 2. The van der Waals surface area contributed by atoms with E-state index in [0.29, 0.717) is 31.0 Å². The number of carbonyl (C=O) groups is 2. The summed E-state index contributed by atoms with van der Waals surface area (Å²) in [6, 6.07) is 14.6. The van der Waals surface area contributed by atoms with Crippen molar-refractivity contribution >= 4 is 27.9 Å². The van der Waals surface area contributed by atoms with Crippen LogP contribution >= 0.6 is 0 Å². The number of nitrogens with one attached hydrogen (secondary N) is 3. The number of ether oxygens (including phenoxy) is 2. The predicted molar refractivity (Wildman–Crippen MR) is 136 cm³/mol. The lowest BCUT2D eigenvalue weighted by molar-refractivity contribution is -0.138. The van der Waals surface area contributed by atoms with Crippen molar-refractivity contribution in [3.05, 3.63) is 60.2 Å². The average molecular weight is 530 g/mol. The fraction of sp³-hybridized carbons (Fsp3) is 0.400. The summed E-state index contributed by atoms with van der Waals surface area (Å²) in [7, 11) is -3.91. The lowest BCUT2D eigenvalue weighted by Crippen LogP contribution is -2.43. The van der Waals surface area contributed by atoms with Gasteiger partial charge in [0.1, 0.15) is 12.4 Å². The summed E-state index contributed by atoms with van der Waals surface area (Å²) >= 11 is 0. The molecule has 0 unspecified atom stereocenters. The highest BCUT2D eigenvalue weighted by molar-refractivity contribution is 7.89. The van der Waals surface area contributed by atoms with Crippen LogP contribution in [0.5, 0.6) is 5.75 Å². The molecule has 0 spiro atoms. The Balaban J connectivity index is 1.18. The minimum Gasteiger partial charge on any atom is -0.492 e. The van der Waals surface area contributed by atoms with E-state index >= 15 is 0 Å². The molecule has 2 fully saturated rings.